The highest BCUT2D eigenvalue weighted by Gasteiger charge is 2.33. The van der Waals surface area contributed by atoms with E-state index in [9.17, 15) is 14.4 Å². The Kier molecular flexibility index (Phi) is 6.93. The van der Waals surface area contributed by atoms with Gasteiger partial charge < -0.3 is 9.47 Å². The topological polar surface area (TPSA) is 87.0 Å². The van der Waals surface area contributed by atoms with Crippen molar-refractivity contribution in [2.45, 2.75) is 26.8 Å². The number of nitrogens with zero attached hydrogens (tertiary/aromatic N) is 2. The van der Waals surface area contributed by atoms with Crippen molar-refractivity contribution in [3.63, 3.8) is 0 Å². The van der Waals surface area contributed by atoms with Gasteiger partial charge in [-0.3, -0.25) is 14.2 Å². The molecule has 0 unspecified atom stereocenters. The average molecular weight is 489 g/mol. The van der Waals surface area contributed by atoms with Gasteiger partial charge in [0.2, 0.25) is 0 Å². The van der Waals surface area contributed by atoms with Crippen molar-refractivity contribution in [2.75, 3.05) is 6.61 Å². The minimum atomic E-state index is -0.755. The Hall–Kier alpha value is -4.04. The van der Waals surface area contributed by atoms with E-state index < -0.39 is 18.0 Å². The molecule has 178 valence electrons. The molecule has 0 saturated heterocycles. The summed E-state index contributed by atoms with van der Waals surface area (Å²) in [7, 11) is 0. The third-order valence-corrected chi connectivity index (χ3v) is 6.39. The smallest absolute Gasteiger partial charge is 0.338 e. The number of fused-ring (bicyclic) bond motifs is 1. The number of rotatable bonds is 6. The van der Waals surface area contributed by atoms with Gasteiger partial charge in [0.1, 0.15) is 12.4 Å². The normalized spacial score (nSPS) is 15.3. The van der Waals surface area contributed by atoms with Gasteiger partial charge in [0.25, 0.3) is 5.56 Å². The molecule has 0 amide bonds. The SMILES string of the molecule is C=CCOC(=O)C1=C(C)N=c2s/c(=C\c3ccc(C)cc3)c(=O)n2[C@H]1c1ccc(OC(C)=O)cc1. The van der Waals surface area contributed by atoms with Crippen LogP contribution in [0.3, 0.4) is 0 Å². The number of esters is 2. The average Bonchev–Trinajstić information content (AvgIpc) is 3.12. The van der Waals surface area contributed by atoms with Gasteiger partial charge in [-0.05, 0) is 43.2 Å². The fourth-order valence-corrected chi connectivity index (χ4v) is 4.86. The lowest BCUT2D eigenvalue weighted by Crippen LogP contribution is -2.39. The lowest BCUT2D eigenvalue weighted by molar-refractivity contribution is -0.138. The van der Waals surface area contributed by atoms with E-state index in [1.807, 2.05) is 37.3 Å². The second kappa shape index (κ2) is 10.1. The molecule has 0 spiro atoms. The Labute approximate surface area is 206 Å². The summed E-state index contributed by atoms with van der Waals surface area (Å²) in [5, 5.41) is 0. The molecule has 2 aromatic carbocycles. The van der Waals surface area contributed by atoms with Crippen LogP contribution in [0.1, 0.15) is 36.6 Å². The molecule has 35 heavy (non-hydrogen) atoms. The molecule has 8 heteroatoms. The zero-order chi connectivity index (χ0) is 25.1. The summed E-state index contributed by atoms with van der Waals surface area (Å²) in [6, 6.07) is 13.8. The lowest BCUT2D eigenvalue weighted by Gasteiger charge is -2.24. The van der Waals surface area contributed by atoms with Gasteiger partial charge >= 0.3 is 11.9 Å². The van der Waals surface area contributed by atoms with Crippen LogP contribution in [0.4, 0.5) is 0 Å². The summed E-state index contributed by atoms with van der Waals surface area (Å²) in [4.78, 5) is 43.0. The molecule has 0 radical (unpaired) electrons. The van der Waals surface area contributed by atoms with E-state index in [0.717, 1.165) is 11.1 Å². The fraction of sp³-hybridized carbons (Fsp3) is 0.185. The van der Waals surface area contributed by atoms with Gasteiger partial charge in [-0.25, -0.2) is 9.79 Å². The Balaban J connectivity index is 1.88. The highest BCUT2D eigenvalue weighted by Crippen LogP contribution is 2.31. The molecule has 7 nitrogen and oxygen atoms in total. The van der Waals surface area contributed by atoms with Crippen molar-refractivity contribution in [2.24, 2.45) is 4.99 Å². The summed E-state index contributed by atoms with van der Waals surface area (Å²) in [6.45, 7) is 8.67. The van der Waals surface area contributed by atoms with E-state index in [0.29, 0.717) is 26.3 Å². The third-order valence-electron chi connectivity index (χ3n) is 5.41. The first-order valence-corrected chi connectivity index (χ1v) is 11.8. The van der Waals surface area contributed by atoms with E-state index in [1.165, 1.54) is 28.9 Å². The number of thiazole rings is 1. The van der Waals surface area contributed by atoms with Crippen LogP contribution in [-0.2, 0) is 14.3 Å². The minimum absolute atomic E-state index is 0.0333. The van der Waals surface area contributed by atoms with Crippen LogP contribution in [0.2, 0.25) is 0 Å². The molecular formula is C27H24N2O5S. The van der Waals surface area contributed by atoms with Crippen LogP contribution >= 0.6 is 11.3 Å². The molecule has 1 aliphatic heterocycles. The molecule has 1 aromatic heterocycles. The standard InChI is InChI=1S/C27H24N2O5S/c1-5-14-33-26(32)23-17(3)28-27-29(24(23)20-10-12-21(13-11-20)34-18(4)30)25(31)22(35-27)15-19-8-6-16(2)7-9-19/h5-13,15,24H,1,14H2,2-4H3/b22-15-/t24-/m0/s1. The van der Waals surface area contributed by atoms with E-state index >= 15 is 0 Å². The molecule has 3 aromatic rings. The predicted octanol–water partition coefficient (Wildman–Crippen LogP) is 3.20. The Morgan fingerprint density at radius 3 is 2.43 bits per heavy atom. The van der Waals surface area contributed by atoms with Gasteiger partial charge in [-0.15, -0.1) is 0 Å². The van der Waals surface area contributed by atoms with E-state index in [-0.39, 0.29) is 17.7 Å². The number of hydrogen-bond donors (Lipinski definition) is 0. The van der Waals surface area contributed by atoms with E-state index in [2.05, 4.69) is 11.6 Å². The first kappa shape index (κ1) is 24.1. The van der Waals surface area contributed by atoms with Crippen molar-refractivity contribution < 1.29 is 19.1 Å². The number of benzene rings is 2. The number of carbonyl (C=O) groups excluding carboxylic acids is 2. The minimum Gasteiger partial charge on any atom is -0.458 e. The first-order chi connectivity index (χ1) is 16.8. The second-order valence-electron chi connectivity index (χ2n) is 8.04. The summed E-state index contributed by atoms with van der Waals surface area (Å²) >= 11 is 1.26. The molecule has 1 atom stereocenters. The van der Waals surface area contributed by atoms with Crippen molar-refractivity contribution in [1.82, 2.24) is 4.57 Å². The van der Waals surface area contributed by atoms with Crippen LogP contribution in [0, 0.1) is 6.92 Å². The molecule has 0 saturated carbocycles. The summed E-state index contributed by atoms with van der Waals surface area (Å²) in [5.41, 5.74) is 3.15. The second-order valence-corrected chi connectivity index (χ2v) is 9.05. The molecule has 0 aliphatic carbocycles. The maximum atomic E-state index is 13.6. The number of aryl methyl sites for hydroxylation is 1. The monoisotopic (exact) mass is 488 g/mol. The number of ether oxygens (including phenoxy) is 2. The van der Waals surface area contributed by atoms with Crippen molar-refractivity contribution >= 4 is 29.4 Å². The molecule has 0 fully saturated rings. The third kappa shape index (κ3) is 5.07. The van der Waals surface area contributed by atoms with Gasteiger partial charge in [-0.1, -0.05) is 66.0 Å². The van der Waals surface area contributed by atoms with Gasteiger partial charge in [0.05, 0.1) is 21.8 Å². The summed E-state index contributed by atoms with van der Waals surface area (Å²) in [5.74, 6) is -0.649. The zero-order valence-corrected chi connectivity index (χ0v) is 20.4. The van der Waals surface area contributed by atoms with Crippen LogP contribution in [-0.4, -0.2) is 23.1 Å². The van der Waals surface area contributed by atoms with Crippen molar-refractivity contribution in [1.29, 1.82) is 0 Å². The Morgan fingerprint density at radius 2 is 1.80 bits per heavy atom. The molecule has 4 rings (SSSR count). The zero-order valence-electron chi connectivity index (χ0n) is 19.6. The number of allylic oxidation sites excluding steroid dienone is 1. The Morgan fingerprint density at radius 1 is 1.11 bits per heavy atom. The lowest BCUT2D eigenvalue weighted by atomic mass is 9.96. The van der Waals surface area contributed by atoms with Crippen molar-refractivity contribution in [3.05, 3.63) is 109 Å². The maximum Gasteiger partial charge on any atom is 0.338 e. The number of hydrogen-bond acceptors (Lipinski definition) is 7. The Bertz CT molecular complexity index is 1510. The number of aromatic nitrogens is 1. The highest BCUT2D eigenvalue weighted by molar-refractivity contribution is 7.07. The number of carbonyl (C=O) groups is 2. The molecular weight excluding hydrogens is 464 g/mol. The van der Waals surface area contributed by atoms with Crippen LogP contribution in [0.25, 0.3) is 6.08 Å². The quantitative estimate of drug-likeness (QED) is 0.302. The van der Waals surface area contributed by atoms with E-state index in [4.69, 9.17) is 9.47 Å². The highest BCUT2D eigenvalue weighted by atomic mass is 32.1. The maximum absolute atomic E-state index is 13.6. The fourth-order valence-electron chi connectivity index (χ4n) is 3.81. The molecule has 2 heterocycles. The largest absolute Gasteiger partial charge is 0.458 e. The van der Waals surface area contributed by atoms with Gasteiger partial charge in [-0.2, -0.15) is 0 Å². The van der Waals surface area contributed by atoms with Crippen molar-refractivity contribution in [3.8, 4) is 5.75 Å². The van der Waals surface area contributed by atoms with Crippen LogP contribution < -0.4 is 19.6 Å². The molecule has 0 bridgehead atoms. The molecule has 0 N–H and O–H groups in total. The van der Waals surface area contributed by atoms with Gasteiger partial charge in [0, 0.05) is 6.92 Å². The first-order valence-electron chi connectivity index (χ1n) is 10.9. The van der Waals surface area contributed by atoms with Crippen LogP contribution in [0.15, 0.2) is 82.2 Å². The molecule has 1 aliphatic rings. The van der Waals surface area contributed by atoms with Crippen LogP contribution in [0.5, 0.6) is 5.75 Å². The van der Waals surface area contributed by atoms with Gasteiger partial charge in [0.15, 0.2) is 4.80 Å². The van der Waals surface area contributed by atoms with E-state index in [1.54, 1.807) is 31.2 Å². The summed E-state index contributed by atoms with van der Waals surface area (Å²) in [6.07, 6.45) is 3.30. The predicted molar refractivity (Wildman–Crippen MR) is 134 cm³/mol. The summed E-state index contributed by atoms with van der Waals surface area (Å²) < 4.78 is 12.5.